The number of rotatable bonds is 3. The summed E-state index contributed by atoms with van der Waals surface area (Å²) in [6, 6.07) is 0.109. The molecule has 0 radical (unpaired) electrons. The molecule has 0 amide bonds. The number of H-pyrrole nitrogens is 1. The number of hydrogen-bond acceptors (Lipinski definition) is 2. The molecule has 0 aliphatic heterocycles. The molecule has 84 valence electrons. The van der Waals surface area contributed by atoms with Crippen LogP contribution >= 0.6 is 0 Å². The highest BCUT2D eigenvalue weighted by Crippen LogP contribution is 2.35. The maximum absolute atomic E-state index is 6.21. The molecule has 3 N–H and O–H groups in total. The zero-order valence-corrected chi connectivity index (χ0v) is 9.45. The first-order chi connectivity index (χ1) is 7.31. The first kappa shape index (κ1) is 10.7. The van der Waals surface area contributed by atoms with Crippen molar-refractivity contribution < 1.29 is 0 Å². The van der Waals surface area contributed by atoms with E-state index in [4.69, 9.17) is 5.73 Å². The highest BCUT2D eigenvalue weighted by atomic mass is 14.9. The zero-order chi connectivity index (χ0) is 10.7. The summed E-state index contributed by atoms with van der Waals surface area (Å²) in [6.45, 7) is 2.29. The van der Waals surface area contributed by atoms with E-state index in [1.165, 1.54) is 32.1 Å². The molecule has 1 aliphatic rings. The van der Waals surface area contributed by atoms with Crippen molar-refractivity contribution in [1.82, 2.24) is 9.97 Å². The topological polar surface area (TPSA) is 54.7 Å². The molecule has 1 heterocycles. The van der Waals surface area contributed by atoms with Crippen LogP contribution in [0.1, 0.15) is 50.9 Å². The van der Waals surface area contributed by atoms with Gasteiger partial charge < -0.3 is 10.7 Å². The molecule has 3 nitrogen and oxygen atoms in total. The molecule has 1 aliphatic carbocycles. The average Bonchev–Trinajstić information content (AvgIpc) is 2.82. The molecule has 0 aromatic carbocycles. The van der Waals surface area contributed by atoms with Gasteiger partial charge in [-0.3, -0.25) is 0 Å². The molecular weight excluding hydrogens is 186 g/mol. The minimum atomic E-state index is 0.109. The summed E-state index contributed by atoms with van der Waals surface area (Å²) >= 11 is 0. The second-order valence-corrected chi connectivity index (χ2v) is 4.69. The number of aromatic nitrogens is 2. The molecule has 0 bridgehead atoms. The van der Waals surface area contributed by atoms with Crippen LogP contribution in [0.15, 0.2) is 12.4 Å². The molecular formula is C12H21N3. The summed E-state index contributed by atoms with van der Waals surface area (Å²) in [4.78, 5) is 7.37. The van der Waals surface area contributed by atoms with E-state index >= 15 is 0 Å². The summed E-state index contributed by atoms with van der Waals surface area (Å²) < 4.78 is 0. The lowest BCUT2D eigenvalue weighted by Gasteiger charge is -2.30. The highest BCUT2D eigenvalue weighted by molar-refractivity contribution is 4.97. The number of nitrogens with zero attached hydrogens (tertiary/aromatic N) is 1. The van der Waals surface area contributed by atoms with Gasteiger partial charge >= 0.3 is 0 Å². The molecule has 0 saturated heterocycles. The maximum atomic E-state index is 6.21. The molecule has 1 saturated carbocycles. The monoisotopic (exact) mass is 207 g/mol. The summed E-state index contributed by atoms with van der Waals surface area (Å²) in [5.74, 6) is 2.51. The zero-order valence-electron chi connectivity index (χ0n) is 9.45. The molecule has 1 atom stereocenters. The lowest BCUT2D eigenvalue weighted by molar-refractivity contribution is 0.236. The van der Waals surface area contributed by atoms with E-state index in [2.05, 4.69) is 16.9 Å². The summed E-state index contributed by atoms with van der Waals surface area (Å²) in [6.07, 6.45) is 10.2. The van der Waals surface area contributed by atoms with Gasteiger partial charge in [-0.1, -0.05) is 26.2 Å². The Morgan fingerprint density at radius 3 is 2.73 bits per heavy atom. The van der Waals surface area contributed by atoms with Crippen LogP contribution in [0.3, 0.4) is 0 Å². The smallest absolute Gasteiger partial charge is 0.123 e. The van der Waals surface area contributed by atoms with E-state index in [0.29, 0.717) is 5.92 Å². The highest BCUT2D eigenvalue weighted by Gasteiger charge is 2.26. The summed E-state index contributed by atoms with van der Waals surface area (Å²) in [7, 11) is 0. The van der Waals surface area contributed by atoms with E-state index in [1.54, 1.807) is 6.20 Å². The van der Waals surface area contributed by atoms with Gasteiger partial charge in [0.1, 0.15) is 5.82 Å². The quantitative estimate of drug-likeness (QED) is 0.800. The van der Waals surface area contributed by atoms with Crippen molar-refractivity contribution in [3.8, 4) is 0 Å². The first-order valence-corrected chi connectivity index (χ1v) is 6.06. The predicted octanol–water partition coefficient (Wildman–Crippen LogP) is 2.63. The van der Waals surface area contributed by atoms with Gasteiger partial charge in [0.15, 0.2) is 0 Å². The Kier molecular flexibility index (Phi) is 3.41. The molecule has 15 heavy (non-hydrogen) atoms. The Labute approximate surface area is 91.5 Å². The van der Waals surface area contributed by atoms with Crippen LogP contribution in [0.4, 0.5) is 0 Å². The Hall–Kier alpha value is -0.830. The number of nitrogens with one attached hydrogen (secondary N) is 1. The summed E-state index contributed by atoms with van der Waals surface area (Å²) in [5.41, 5.74) is 6.21. The fraction of sp³-hybridized carbons (Fsp3) is 0.750. The van der Waals surface area contributed by atoms with Crippen LogP contribution in [0.25, 0.3) is 0 Å². The summed E-state index contributed by atoms with van der Waals surface area (Å²) in [5, 5.41) is 0. The molecule has 1 aromatic rings. The van der Waals surface area contributed by atoms with E-state index in [0.717, 1.165) is 11.7 Å². The van der Waals surface area contributed by atoms with Gasteiger partial charge in [0, 0.05) is 12.4 Å². The Bertz CT molecular complexity index is 273. The average molecular weight is 207 g/mol. The SMILES string of the molecule is CCC1CCC(C(N)c2ncc[nH]2)CC1. The van der Waals surface area contributed by atoms with E-state index in [9.17, 15) is 0 Å². The minimum Gasteiger partial charge on any atom is -0.347 e. The maximum Gasteiger partial charge on any atom is 0.123 e. The third-order valence-corrected chi connectivity index (χ3v) is 3.81. The molecule has 3 heteroatoms. The fourth-order valence-corrected chi connectivity index (χ4v) is 2.64. The van der Waals surface area contributed by atoms with Crippen LogP contribution in [-0.2, 0) is 0 Å². The van der Waals surface area contributed by atoms with Crippen LogP contribution in [0.2, 0.25) is 0 Å². The van der Waals surface area contributed by atoms with E-state index in [-0.39, 0.29) is 6.04 Å². The van der Waals surface area contributed by atoms with Crippen LogP contribution in [0.5, 0.6) is 0 Å². The molecule has 1 unspecified atom stereocenters. The van der Waals surface area contributed by atoms with Gasteiger partial charge in [-0.05, 0) is 24.7 Å². The molecule has 2 rings (SSSR count). The van der Waals surface area contributed by atoms with Crippen molar-refractivity contribution >= 4 is 0 Å². The minimum absolute atomic E-state index is 0.109. The van der Waals surface area contributed by atoms with Crippen LogP contribution in [-0.4, -0.2) is 9.97 Å². The number of aromatic amines is 1. The van der Waals surface area contributed by atoms with Gasteiger partial charge in [0.05, 0.1) is 6.04 Å². The van der Waals surface area contributed by atoms with Crippen molar-refractivity contribution in [2.24, 2.45) is 17.6 Å². The Morgan fingerprint density at radius 2 is 2.20 bits per heavy atom. The lowest BCUT2D eigenvalue weighted by atomic mass is 9.77. The van der Waals surface area contributed by atoms with E-state index < -0.39 is 0 Å². The van der Waals surface area contributed by atoms with Crippen molar-refractivity contribution in [3.63, 3.8) is 0 Å². The predicted molar refractivity (Wildman–Crippen MR) is 61.3 cm³/mol. The third kappa shape index (κ3) is 2.40. The fourth-order valence-electron chi connectivity index (χ4n) is 2.64. The number of nitrogens with two attached hydrogens (primary N) is 1. The van der Waals surface area contributed by atoms with Crippen LogP contribution < -0.4 is 5.73 Å². The van der Waals surface area contributed by atoms with Gasteiger partial charge in [0.2, 0.25) is 0 Å². The third-order valence-electron chi connectivity index (χ3n) is 3.81. The van der Waals surface area contributed by atoms with Gasteiger partial charge in [-0.2, -0.15) is 0 Å². The number of imidazole rings is 1. The molecule has 1 aromatic heterocycles. The van der Waals surface area contributed by atoms with Crippen molar-refractivity contribution in [2.45, 2.75) is 45.1 Å². The molecule has 0 spiro atoms. The van der Waals surface area contributed by atoms with Gasteiger partial charge in [-0.25, -0.2) is 4.98 Å². The van der Waals surface area contributed by atoms with Gasteiger partial charge in [0.25, 0.3) is 0 Å². The number of hydrogen-bond donors (Lipinski definition) is 2. The second kappa shape index (κ2) is 4.79. The Balaban J connectivity index is 1.90. The molecule has 1 fully saturated rings. The van der Waals surface area contributed by atoms with E-state index in [1.807, 2.05) is 6.20 Å². The Morgan fingerprint density at radius 1 is 1.47 bits per heavy atom. The van der Waals surface area contributed by atoms with Crippen LogP contribution in [0, 0.1) is 11.8 Å². The first-order valence-electron chi connectivity index (χ1n) is 6.06. The largest absolute Gasteiger partial charge is 0.347 e. The second-order valence-electron chi connectivity index (χ2n) is 4.69. The lowest BCUT2D eigenvalue weighted by Crippen LogP contribution is -2.26. The van der Waals surface area contributed by atoms with Crippen molar-refractivity contribution in [1.29, 1.82) is 0 Å². The van der Waals surface area contributed by atoms with Crippen molar-refractivity contribution in [3.05, 3.63) is 18.2 Å². The standard InChI is InChI=1S/C12H21N3/c1-2-9-3-5-10(6-4-9)11(13)12-14-7-8-15-12/h7-11H,2-6,13H2,1H3,(H,14,15). The van der Waals surface area contributed by atoms with Gasteiger partial charge in [-0.15, -0.1) is 0 Å². The normalized spacial score (nSPS) is 28.9. The van der Waals surface area contributed by atoms with Crippen molar-refractivity contribution in [2.75, 3.05) is 0 Å².